The van der Waals surface area contributed by atoms with E-state index in [4.69, 9.17) is 9.47 Å². The molecule has 0 fully saturated rings. The van der Waals surface area contributed by atoms with Gasteiger partial charge in [0.25, 0.3) is 5.91 Å². The Kier molecular flexibility index (Phi) is 7.80. The van der Waals surface area contributed by atoms with E-state index in [0.717, 1.165) is 5.56 Å². The number of nitrogens with zero attached hydrogens (tertiary/aromatic N) is 1. The largest absolute Gasteiger partial charge is 0.493 e. The molecule has 7 nitrogen and oxygen atoms in total. The third-order valence-corrected chi connectivity index (χ3v) is 4.08. The third kappa shape index (κ3) is 6.11. The van der Waals surface area contributed by atoms with Crippen molar-refractivity contribution >= 4 is 18.0 Å². The van der Waals surface area contributed by atoms with E-state index < -0.39 is 11.9 Å². The van der Waals surface area contributed by atoms with Gasteiger partial charge in [-0.1, -0.05) is 36.4 Å². The van der Waals surface area contributed by atoms with Crippen LogP contribution in [-0.4, -0.2) is 32.7 Å². The monoisotopic (exact) mass is 394 g/mol. The van der Waals surface area contributed by atoms with Gasteiger partial charge in [-0.3, -0.25) is 4.79 Å². The van der Waals surface area contributed by atoms with Gasteiger partial charge in [0.2, 0.25) is 0 Å². The number of carbonyl (C=O) groups is 2. The molecule has 7 heteroatoms. The van der Waals surface area contributed by atoms with E-state index in [1.165, 1.54) is 20.3 Å². The fraction of sp³-hybridized carbons (Fsp3) is 0.227. The second kappa shape index (κ2) is 10.5. The van der Waals surface area contributed by atoms with Gasteiger partial charge in [-0.15, -0.1) is 0 Å². The molecule has 1 N–H and O–H groups in total. The highest BCUT2D eigenvalue weighted by Gasteiger charge is 2.14. The molecule has 2 aromatic rings. The van der Waals surface area contributed by atoms with Crippen LogP contribution in [-0.2, 0) is 14.3 Å². The molecule has 150 valence electrons. The smallest absolute Gasteiger partial charge is 0.343 e. The summed E-state index contributed by atoms with van der Waals surface area (Å²) >= 11 is 0. The molecule has 29 heavy (non-hydrogen) atoms. The number of benzene rings is 2. The zero-order chi connectivity index (χ0) is 21.2. The number of rotatable bonds is 8. The van der Waals surface area contributed by atoms with Crippen molar-refractivity contribution in [3.05, 3.63) is 65.2 Å². The van der Waals surface area contributed by atoms with Gasteiger partial charge in [-0.25, -0.2) is 4.79 Å². The Morgan fingerprint density at radius 3 is 2.48 bits per heavy atom. The van der Waals surface area contributed by atoms with E-state index in [1.54, 1.807) is 18.2 Å². The molecule has 1 atom stereocenters. The van der Waals surface area contributed by atoms with Crippen LogP contribution in [0.1, 0.15) is 24.1 Å². The molecule has 0 aliphatic rings. The average Bonchev–Trinajstić information content (AvgIpc) is 2.76. The lowest BCUT2D eigenvalue weighted by Gasteiger charge is -2.14. The molecule has 2 rings (SSSR count). The molecule has 0 saturated heterocycles. The maximum atomic E-state index is 12.5. The summed E-state index contributed by atoms with van der Waals surface area (Å²) in [5.41, 5.74) is 1.47. The Labute approximate surface area is 169 Å². The lowest BCUT2D eigenvalue weighted by atomic mass is 10.1. The number of nitrogens with one attached hydrogen (secondary N) is 1. The van der Waals surface area contributed by atoms with Crippen molar-refractivity contribution in [3.8, 4) is 17.6 Å². The van der Waals surface area contributed by atoms with Crippen LogP contribution in [0.5, 0.6) is 11.5 Å². The van der Waals surface area contributed by atoms with Crippen LogP contribution < -0.4 is 14.8 Å². The first-order chi connectivity index (χ1) is 14.0. The molecule has 0 radical (unpaired) electrons. The number of nitriles is 1. The maximum Gasteiger partial charge on any atom is 0.343 e. The average molecular weight is 394 g/mol. The van der Waals surface area contributed by atoms with E-state index in [-0.39, 0.29) is 18.2 Å². The predicted molar refractivity (Wildman–Crippen MR) is 107 cm³/mol. The minimum Gasteiger partial charge on any atom is -0.493 e. The first-order valence-corrected chi connectivity index (χ1v) is 8.83. The topological polar surface area (TPSA) is 97.7 Å². The molecular weight excluding hydrogens is 372 g/mol. The number of ether oxygens (including phenoxy) is 3. The molecule has 0 heterocycles. The van der Waals surface area contributed by atoms with Gasteiger partial charge < -0.3 is 19.5 Å². The molecule has 0 unspecified atom stereocenters. The molecule has 2 aromatic carbocycles. The molecule has 0 spiro atoms. The highest BCUT2D eigenvalue weighted by Crippen LogP contribution is 2.29. The van der Waals surface area contributed by atoms with Gasteiger partial charge in [0.15, 0.2) is 18.1 Å². The van der Waals surface area contributed by atoms with E-state index in [9.17, 15) is 14.9 Å². The van der Waals surface area contributed by atoms with Gasteiger partial charge in [-0.2, -0.15) is 5.26 Å². The van der Waals surface area contributed by atoms with E-state index in [2.05, 4.69) is 10.1 Å². The molecule has 0 aromatic heterocycles. The summed E-state index contributed by atoms with van der Waals surface area (Å²) in [5.74, 6) is -0.297. The quantitative estimate of drug-likeness (QED) is 0.420. The minimum absolute atomic E-state index is 0.0435. The van der Waals surface area contributed by atoms with E-state index in [0.29, 0.717) is 17.1 Å². The number of amides is 1. The third-order valence-electron chi connectivity index (χ3n) is 4.08. The van der Waals surface area contributed by atoms with Crippen molar-refractivity contribution in [3.63, 3.8) is 0 Å². The Hall–Kier alpha value is -3.79. The standard InChI is InChI=1S/C22H22N2O5/c1-15(17-7-5-4-6-8-17)24-22(26)18(13-23)11-16-9-10-19(20(12-16)27-2)29-14-21(25)28-3/h4-12,15H,14H2,1-3H3,(H,24,26)/b18-11+/t15-/m0/s1. The van der Waals surface area contributed by atoms with Gasteiger partial charge in [0, 0.05) is 0 Å². The van der Waals surface area contributed by atoms with Crippen LogP contribution in [0.3, 0.4) is 0 Å². The number of carbonyl (C=O) groups excluding carboxylic acids is 2. The first kappa shape index (κ1) is 21.5. The summed E-state index contributed by atoms with van der Waals surface area (Å²) in [6, 6.07) is 16.0. The fourth-order valence-electron chi connectivity index (χ4n) is 2.50. The normalized spacial score (nSPS) is 11.7. The van der Waals surface area contributed by atoms with Crippen LogP contribution >= 0.6 is 0 Å². The molecule has 0 aliphatic heterocycles. The van der Waals surface area contributed by atoms with Crippen LogP contribution in [0.2, 0.25) is 0 Å². The molecular formula is C22H22N2O5. The lowest BCUT2D eigenvalue weighted by molar-refractivity contribution is -0.142. The van der Waals surface area contributed by atoms with Crippen LogP contribution in [0.25, 0.3) is 6.08 Å². The van der Waals surface area contributed by atoms with Crippen LogP contribution in [0, 0.1) is 11.3 Å². The van der Waals surface area contributed by atoms with Gasteiger partial charge in [0.05, 0.1) is 20.3 Å². The summed E-state index contributed by atoms with van der Waals surface area (Å²) in [6.07, 6.45) is 1.46. The van der Waals surface area contributed by atoms with E-state index >= 15 is 0 Å². The Bertz CT molecular complexity index is 932. The number of methoxy groups -OCH3 is 2. The van der Waals surface area contributed by atoms with Gasteiger partial charge in [0.1, 0.15) is 11.6 Å². The number of hydrogen-bond acceptors (Lipinski definition) is 6. The zero-order valence-electron chi connectivity index (χ0n) is 16.5. The van der Waals surface area contributed by atoms with Crippen molar-refractivity contribution in [1.82, 2.24) is 5.32 Å². The van der Waals surface area contributed by atoms with Gasteiger partial charge >= 0.3 is 5.97 Å². The van der Waals surface area contributed by atoms with E-state index in [1.807, 2.05) is 43.3 Å². The summed E-state index contributed by atoms with van der Waals surface area (Å²) < 4.78 is 15.1. The number of esters is 1. The fourth-order valence-corrected chi connectivity index (χ4v) is 2.50. The second-order valence-corrected chi connectivity index (χ2v) is 6.05. The van der Waals surface area contributed by atoms with Crippen molar-refractivity contribution < 1.29 is 23.8 Å². The highest BCUT2D eigenvalue weighted by atomic mass is 16.6. The Morgan fingerprint density at radius 2 is 1.86 bits per heavy atom. The number of hydrogen-bond donors (Lipinski definition) is 1. The highest BCUT2D eigenvalue weighted by molar-refractivity contribution is 6.01. The van der Waals surface area contributed by atoms with Gasteiger partial charge in [-0.05, 0) is 36.3 Å². The van der Waals surface area contributed by atoms with Crippen molar-refractivity contribution in [2.45, 2.75) is 13.0 Å². The lowest BCUT2D eigenvalue weighted by Crippen LogP contribution is -2.27. The summed E-state index contributed by atoms with van der Waals surface area (Å²) in [6.45, 7) is 1.59. The summed E-state index contributed by atoms with van der Waals surface area (Å²) in [4.78, 5) is 23.7. The molecule has 0 bridgehead atoms. The second-order valence-electron chi connectivity index (χ2n) is 6.05. The van der Waals surface area contributed by atoms with Crippen LogP contribution in [0.4, 0.5) is 0 Å². The SMILES string of the molecule is COC(=O)COc1ccc(/C=C(\C#N)C(=O)N[C@@H](C)c2ccccc2)cc1OC. The van der Waals surface area contributed by atoms with Crippen molar-refractivity contribution in [2.24, 2.45) is 0 Å². The summed E-state index contributed by atoms with van der Waals surface area (Å²) in [5, 5.41) is 12.2. The zero-order valence-corrected chi connectivity index (χ0v) is 16.5. The van der Waals surface area contributed by atoms with Crippen molar-refractivity contribution in [2.75, 3.05) is 20.8 Å². The minimum atomic E-state index is -0.521. The van der Waals surface area contributed by atoms with Crippen LogP contribution in [0.15, 0.2) is 54.1 Å². The molecule has 0 aliphatic carbocycles. The first-order valence-electron chi connectivity index (χ1n) is 8.83. The predicted octanol–water partition coefficient (Wildman–Crippen LogP) is 3.03. The molecule has 1 amide bonds. The van der Waals surface area contributed by atoms with Crippen molar-refractivity contribution in [1.29, 1.82) is 5.26 Å². The summed E-state index contributed by atoms with van der Waals surface area (Å²) in [7, 11) is 2.72. The maximum absolute atomic E-state index is 12.5. The molecule has 0 saturated carbocycles. The Balaban J connectivity index is 2.16. The Morgan fingerprint density at radius 1 is 1.14 bits per heavy atom.